The van der Waals surface area contributed by atoms with Crippen molar-refractivity contribution in [3.8, 4) is 0 Å². The third kappa shape index (κ3) is 3.56. The first-order valence-corrected chi connectivity index (χ1v) is 7.93. The summed E-state index contributed by atoms with van der Waals surface area (Å²) in [5.41, 5.74) is 5.22. The van der Waals surface area contributed by atoms with Crippen LogP contribution in [0.4, 0.5) is 24.5 Å². The number of sulfone groups is 1. The van der Waals surface area contributed by atoms with Gasteiger partial charge in [0.05, 0.1) is 28.4 Å². The van der Waals surface area contributed by atoms with Crippen molar-refractivity contribution in [3.05, 3.63) is 23.8 Å². The number of alkyl halides is 3. The van der Waals surface area contributed by atoms with E-state index in [1.54, 1.807) is 0 Å². The molecule has 2 rings (SSSR count). The number of benzene rings is 1. The van der Waals surface area contributed by atoms with E-state index in [9.17, 15) is 21.6 Å². The third-order valence-corrected chi connectivity index (χ3v) is 5.01. The molecule has 1 fully saturated rings. The zero-order chi connectivity index (χ0) is 15.0. The van der Waals surface area contributed by atoms with Crippen LogP contribution in [-0.4, -0.2) is 26.0 Å². The van der Waals surface area contributed by atoms with Gasteiger partial charge in [-0.15, -0.1) is 0 Å². The Bertz CT molecular complexity index is 585. The second-order valence-corrected chi connectivity index (χ2v) is 7.17. The minimum Gasteiger partial charge on any atom is -0.397 e. The highest BCUT2D eigenvalue weighted by molar-refractivity contribution is 7.91. The normalized spacial score (nSPS) is 19.8. The highest BCUT2D eigenvalue weighted by Crippen LogP contribution is 2.33. The van der Waals surface area contributed by atoms with E-state index in [4.69, 9.17) is 5.73 Å². The van der Waals surface area contributed by atoms with Crippen LogP contribution >= 0.6 is 0 Å². The average molecular weight is 308 g/mol. The molecule has 0 amide bonds. The van der Waals surface area contributed by atoms with Crippen molar-refractivity contribution in [1.82, 2.24) is 0 Å². The molecular formula is C12H15F3N2O2S. The summed E-state index contributed by atoms with van der Waals surface area (Å²) in [6.45, 7) is 0. The number of rotatable bonds is 2. The molecule has 0 radical (unpaired) electrons. The van der Waals surface area contributed by atoms with Crippen molar-refractivity contribution in [1.29, 1.82) is 0 Å². The van der Waals surface area contributed by atoms with E-state index in [1.165, 1.54) is 6.07 Å². The van der Waals surface area contributed by atoms with Gasteiger partial charge in [0.15, 0.2) is 0 Å². The van der Waals surface area contributed by atoms with E-state index in [1.807, 2.05) is 0 Å². The molecule has 0 unspecified atom stereocenters. The number of nitrogen functional groups attached to an aromatic ring is 1. The lowest BCUT2D eigenvalue weighted by Crippen LogP contribution is -2.32. The Balaban J connectivity index is 2.08. The molecular weight excluding hydrogens is 293 g/mol. The van der Waals surface area contributed by atoms with E-state index in [-0.39, 0.29) is 23.2 Å². The molecule has 112 valence electrons. The van der Waals surface area contributed by atoms with Crippen LogP contribution < -0.4 is 11.1 Å². The van der Waals surface area contributed by atoms with Crippen molar-refractivity contribution in [2.75, 3.05) is 22.6 Å². The van der Waals surface area contributed by atoms with Gasteiger partial charge in [-0.25, -0.2) is 8.42 Å². The van der Waals surface area contributed by atoms with Gasteiger partial charge in [0.25, 0.3) is 0 Å². The Kier molecular flexibility index (Phi) is 3.86. The first kappa shape index (κ1) is 15.0. The van der Waals surface area contributed by atoms with Crippen molar-refractivity contribution in [2.45, 2.75) is 25.1 Å². The molecule has 20 heavy (non-hydrogen) atoms. The van der Waals surface area contributed by atoms with E-state index in [0.717, 1.165) is 12.1 Å². The third-order valence-electron chi connectivity index (χ3n) is 3.29. The van der Waals surface area contributed by atoms with Gasteiger partial charge in [0, 0.05) is 6.04 Å². The number of hydrogen-bond acceptors (Lipinski definition) is 4. The topological polar surface area (TPSA) is 72.2 Å². The standard InChI is InChI=1S/C12H15F3N2O2S/c13-12(14,15)8-1-2-11(10(16)7-8)17-9-3-5-20(18,19)6-4-9/h1-2,7,9,17H,3-6,16H2. The summed E-state index contributed by atoms with van der Waals surface area (Å²) in [6.07, 6.45) is -3.56. The molecule has 8 heteroatoms. The van der Waals surface area contributed by atoms with Gasteiger partial charge in [-0.05, 0) is 31.0 Å². The number of halogens is 3. The Morgan fingerprint density at radius 2 is 1.80 bits per heavy atom. The van der Waals surface area contributed by atoms with Crippen LogP contribution in [0.15, 0.2) is 18.2 Å². The number of nitrogens with one attached hydrogen (secondary N) is 1. The first-order chi connectivity index (χ1) is 9.17. The van der Waals surface area contributed by atoms with Crippen LogP contribution in [0.5, 0.6) is 0 Å². The van der Waals surface area contributed by atoms with Crippen LogP contribution in [-0.2, 0) is 16.0 Å². The van der Waals surface area contributed by atoms with Crippen LogP contribution in [0.1, 0.15) is 18.4 Å². The molecule has 3 N–H and O–H groups in total. The molecule has 1 aromatic rings. The molecule has 0 aliphatic carbocycles. The highest BCUT2D eigenvalue weighted by Gasteiger charge is 2.31. The van der Waals surface area contributed by atoms with Crippen molar-refractivity contribution in [3.63, 3.8) is 0 Å². The fourth-order valence-corrected chi connectivity index (χ4v) is 3.62. The van der Waals surface area contributed by atoms with E-state index < -0.39 is 21.6 Å². The molecule has 0 spiro atoms. The Morgan fingerprint density at radius 3 is 2.30 bits per heavy atom. The molecule has 1 aromatic carbocycles. The number of anilines is 2. The smallest absolute Gasteiger partial charge is 0.397 e. The molecule has 0 bridgehead atoms. The Hall–Kier alpha value is -1.44. The second-order valence-electron chi connectivity index (χ2n) is 4.87. The lowest BCUT2D eigenvalue weighted by atomic mass is 10.1. The minimum atomic E-state index is -4.43. The molecule has 0 saturated carbocycles. The number of hydrogen-bond donors (Lipinski definition) is 2. The summed E-state index contributed by atoms with van der Waals surface area (Å²) in [5.74, 6) is 0.177. The Labute approximate surface area is 115 Å². The van der Waals surface area contributed by atoms with Gasteiger partial charge in [-0.1, -0.05) is 0 Å². The quantitative estimate of drug-likeness (QED) is 0.822. The van der Waals surface area contributed by atoms with Crippen molar-refractivity contribution < 1.29 is 21.6 Å². The van der Waals surface area contributed by atoms with Crippen LogP contribution in [0.3, 0.4) is 0 Å². The zero-order valence-corrected chi connectivity index (χ0v) is 11.4. The summed E-state index contributed by atoms with van der Waals surface area (Å²) >= 11 is 0. The molecule has 1 saturated heterocycles. The second kappa shape index (κ2) is 5.16. The van der Waals surface area contributed by atoms with Gasteiger partial charge < -0.3 is 11.1 Å². The van der Waals surface area contributed by atoms with Crippen molar-refractivity contribution >= 4 is 21.2 Å². The van der Waals surface area contributed by atoms with Crippen LogP contribution in [0.2, 0.25) is 0 Å². The maximum Gasteiger partial charge on any atom is 0.416 e. The summed E-state index contributed by atoms with van der Waals surface area (Å²) in [7, 11) is -2.96. The SMILES string of the molecule is Nc1cc(C(F)(F)F)ccc1NC1CCS(=O)(=O)CC1. The van der Waals surface area contributed by atoms with E-state index in [2.05, 4.69) is 5.32 Å². The molecule has 4 nitrogen and oxygen atoms in total. The molecule has 0 atom stereocenters. The predicted octanol–water partition coefficient (Wildman–Crippen LogP) is 2.28. The minimum absolute atomic E-state index is 0.00764. The van der Waals surface area contributed by atoms with Crippen molar-refractivity contribution in [2.24, 2.45) is 0 Å². The van der Waals surface area contributed by atoms with Gasteiger partial charge in [-0.2, -0.15) is 13.2 Å². The zero-order valence-electron chi connectivity index (χ0n) is 10.6. The summed E-state index contributed by atoms with van der Waals surface area (Å²) in [5, 5.41) is 3.01. The highest BCUT2D eigenvalue weighted by atomic mass is 32.2. The van der Waals surface area contributed by atoms with Gasteiger partial charge in [-0.3, -0.25) is 0 Å². The number of nitrogens with two attached hydrogens (primary N) is 1. The lowest BCUT2D eigenvalue weighted by molar-refractivity contribution is -0.137. The lowest BCUT2D eigenvalue weighted by Gasteiger charge is -2.25. The van der Waals surface area contributed by atoms with Gasteiger partial charge in [0.1, 0.15) is 9.84 Å². The molecule has 1 heterocycles. The Morgan fingerprint density at radius 1 is 1.20 bits per heavy atom. The summed E-state index contributed by atoms with van der Waals surface area (Å²) < 4.78 is 60.1. The van der Waals surface area contributed by atoms with Crippen LogP contribution in [0.25, 0.3) is 0 Å². The monoisotopic (exact) mass is 308 g/mol. The van der Waals surface area contributed by atoms with Crippen LogP contribution in [0, 0.1) is 0 Å². The fourth-order valence-electron chi connectivity index (χ4n) is 2.12. The summed E-state index contributed by atoms with van der Waals surface area (Å²) in [4.78, 5) is 0. The van der Waals surface area contributed by atoms with Gasteiger partial charge >= 0.3 is 6.18 Å². The predicted molar refractivity (Wildman–Crippen MR) is 71.2 cm³/mol. The first-order valence-electron chi connectivity index (χ1n) is 6.11. The maximum absolute atomic E-state index is 12.5. The molecule has 1 aliphatic heterocycles. The molecule has 0 aromatic heterocycles. The fraction of sp³-hybridized carbons (Fsp3) is 0.500. The summed E-state index contributed by atoms with van der Waals surface area (Å²) in [6, 6.07) is 3.03. The largest absolute Gasteiger partial charge is 0.416 e. The van der Waals surface area contributed by atoms with Gasteiger partial charge in [0.2, 0.25) is 0 Å². The van der Waals surface area contributed by atoms with E-state index >= 15 is 0 Å². The van der Waals surface area contributed by atoms with E-state index in [0.29, 0.717) is 18.5 Å². The molecule has 1 aliphatic rings. The average Bonchev–Trinajstić information content (AvgIpc) is 2.33. The maximum atomic E-state index is 12.5.